The van der Waals surface area contributed by atoms with E-state index in [1.165, 1.54) is 12.8 Å². The Labute approximate surface area is 200 Å². The molecule has 1 N–H and O–H groups in total. The van der Waals surface area contributed by atoms with E-state index in [1.54, 1.807) is 18.2 Å². The summed E-state index contributed by atoms with van der Waals surface area (Å²) in [6.07, 6.45) is 3.39. The molecule has 0 unspecified atom stereocenters. The number of nitrogens with zero attached hydrogens (tertiary/aromatic N) is 2. The maximum Gasteiger partial charge on any atom is 0.253 e. The van der Waals surface area contributed by atoms with Crippen LogP contribution in [0.1, 0.15) is 49.0 Å². The lowest BCUT2D eigenvalue weighted by molar-refractivity contribution is 0.0759. The van der Waals surface area contributed by atoms with Crippen LogP contribution in [0.3, 0.4) is 0 Å². The first-order valence-electron chi connectivity index (χ1n) is 11.4. The van der Waals surface area contributed by atoms with E-state index in [2.05, 4.69) is 24.1 Å². The molecule has 1 heterocycles. The summed E-state index contributed by atoms with van der Waals surface area (Å²) >= 11 is 12.2. The van der Waals surface area contributed by atoms with Crippen molar-refractivity contribution in [1.82, 2.24) is 15.1 Å². The molecule has 5 nitrogen and oxygen atoms in total. The summed E-state index contributed by atoms with van der Waals surface area (Å²) in [6, 6.07) is 12.0. The molecule has 0 radical (unpaired) electrons. The molecular formula is C25H31Cl2N3O2. The highest BCUT2D eigenvalue weighted by molar-refractivity contribution is 6.42. The molecular weight excluding hydrogens is 445 g/mol. The van der Waals surface area contributed by atoms with Crippen molar-refractivity contribution >= 4 is 29.1 Å². The van der Waals surface area contributed by atoms with Crippen LogP contribution in [0.2, 0.25) is 10.0 Å². The standard InChI is InChI=1S/C25H31Cl2N3O2/c1-17(2)29-10-3-11-30(13-12-29)25(31)18-4-9-24(19(14-18)16-28-20-5-6-20)32-21-7-8-22(26)23(27)15-21/h4,7-9,14-15,17,20,28H,3,5-6,10-13,16H2,1-2H3. The molecule has 2 aliphatic rings. The quantitative estimate of drug-likeness (QED) is 0.566. The SMILES string of the molecule is CC(C)N1CCCN(C(=O)c2ccc(Oc3ccc(Cl)c(Cl)c3)c(CNC3CC3)c2)CC1. The van der Waals surface area contributed by atoms with E-state index < -0.39 is 0 Å². The van der Waals surface area contributed by atoms with Crippen LogP contribution in [0.25, 0.3) is 0 Å². The van der Waals surface area contributed by atoms with Gasteiger partial charge in [-0.15, -0.1) is 0 Å². The zero-order chi connectivity index (χ0) is 22.7. The topological polar surface area (TPSA) is 44.8 Å². The largest absolute Gasteiger partial charge is 0.457 e. The van der Waals surface area contributed by atoms with Gasteiger partial charge in [0.05, 0.1) is 10.0 Å². The van der Waals surface area contributed by atoms with Gasteiger partial charge in [-0.25, -0.2) is 0 Å². The van der Waals surface area contributed by atoms with E-state index in [1.807, 2.05) is 23.1 Å². The summed E-state index contributed by atoms with van der Waals surface area (Å²) in [5, 5.41) is 4.47. The van der Waals surface area contributed by atoms with Crippen molar-refractivity contribution in [2.75, 3.05) is 26.2 Å². The van der Waals surface area contributed by atoms with Gasteiger partial charge in [0.15, 0.2) is 0 Å². The molecule has 1 aliphatic heterocycles. The number of hydrogen-bond acceptors (Lipinski definition) is 4. The Morgan fingerprint density at radius 3 is 2.59 bits per heavy atom. The first kappa shape index (κ1) is 23.4. The third kappa shape index (κ3) is 5.96. The summed E-state index contributed by atoms with van der Waals surface area (Å²) < 4.78 is 6.12. The van der Waals surface area contributed by atoms with E-state index in [0.29, 0.717) is 40.0 Å². The maximum absolute atomic E-state index is 13.3. The number of carbonyl (C=O) groups excluding carboxylic acids is 1. The first-order valence-corrected chi connectivity index (χ1v) is 12.2. The van der Waals surface area contributed by atoms with Crippen molar-refractivity contribution in [3.8, 4) is 11.5 Å². The predicted molar refractivity (Wildman–Crippen MR) is 130 cm³/mol. The van der Waals surface area contributed by atoms with Crippen LogP contribution in [0.4, 0.5) is 0 Å². The zero-order valence-electron chi connectivity index (χ0n) is 18.7. The van der Waals surface area contributed by atoms with Crippen molar-refractivity contribution in [2.24, 2.45) is 0 Å². The third-order valence-electron chi connectivity index (χ3n) is 6.13. The highest BCUT2D eigenvalue weighted by Gasteiger charge is 2.24. The number of rotatable bonds is 7. The molecule has 0 aromatic heterocycles. The Morgan fingerprint density at radius 1 is 1.06 bits per heavy atom. The minimum Gasteiger partial charge on any atom is -0.457 e. The number of amides is 1. The van der Waals surface area contributed by atoms with Crippen LogP contribution in [0.15, 0.2) is 36.4 Å². The number of ether oxygens (including phenoxy) is 1. The maximum atomic E-state index is 13.3. The first-order chi connectivity index (χ1) is 15.4. The number of benzene rings is 2. The van der Waals surface area contributed by atoms with E-state index in [9.17, 15) is 4.79 Å². The minimum absolute atomic E-state index is 0.0874. The van der Waals surface area contributed by atoms with Crippen LogP contribution in [-0.2, 0) is 6.54 Å². The lowest BCUT2D eigenvalue weighted by Gasteiger charge is -2.25. The highest BCUT2D eigenvalue weighted by atomic mass is 35.5. The predicted octanol–water partition coefficient (Wildman–Crippen LogP) is 5.59. The van der Waals surface area contributed by atoms with Gasteiger partial charge in [0.25, 0.3) is 5.91 Å². The Kier molecular flexibility index (Phi) is 7.62. The van der Waals surface area contributed by atoms with Crippen LogP contribution in [0, 0.1) is 0 Å². The van der Waals surface area contributed by atoms with Gasteiger partial charge in [-0.05, 0) is 63.4 Å². The molecule has 0 spiro atoms. The molecule has 2 fully saturated rings. The fourth-order valence-corrected chi connectivity index (χ4v) is 4.29. The molecule has 0 bridgehead atoms. The third-order valence-corrected chi connectivity index (χ3v) is 6.87. The Bertz CT molecular complexity index is 962. The van der Waals surface area contributed by atoms with Crippen molar-refractivity contribution in [2.45, 2.75) is 51.7 Å². The van der Waals surface area contributed by atoms with E-state index in [4.69, 9.17) is 27.9 Å². The van der Waals surface area contributed by atoms with Crippen LogP contribution in [0.5, 0.6) is 11.5 Å². The van der Waals surface area contributed by atoms with Gasteiger partial charge in [-0.3, -0.25) is 9.69 Å². The monoisotopic (exact) mass is 475 g/mol. The molecule has 1 saturated heterocycles. The summed E-state index contributed by atoms with van der Waals surface area (Å²) in [5.74, 6) is 1.42. The Morgan fingerprint density at radius 2 is 1.88 bits per heavy atom. The highest BCUT2D eigenvalue weighted by Crippen LogP contribution is 2.32. The second kappa shape index (κ2) is 10.4. The summed E-state index contributed by atoms with van der Waals surface area (Å²) in [4.78, 5) is 17.7. The average Bonchev–Trinajstić information content (AvgIpc) is 3.61. The number of hydrogen-bond donors (Lipinski definition) is 1. The smallest absolute Gasteiger partial charge is 0.253 e. The van der Waals surface area contributed by atoms with E-state index in [0.717, 1.165) is 43.9 Å². The molecule has 0 atom stereocenters. The molecule has 4 rings (SSSR count). The molecule has 1 aliphatic carbocycles. The van der Waals surface area contributed by atoms with Crippen molar-refractivity contribution in [1.29, 1.82) is 0 Å². The molecule has 172 valence electrons. The summed E-state index contributed by atoms with van der Waals surface area (Å²) in [5.41, 5.74) is 1.67. The van der Waals surface area contributed by atoms with Gasteiger partial charge < -0.3 is 15.0 Å². The number of nitrogens with one attached hydrogen (secondary N) is 1. The van der Waals surface area contributed by atoms with Crippen LogP contribution >= 0.6 is 23.2 Å². The van der Waals surface area contributed by atoms with E-state index >= 15 is 0 Å². The Hall–Kier alpha value is -1.79. The minimum atomic E-state index is 0.0874. The molecule has 1 saturated carbocycles. The lowest BCUT2D eigenvalue weighted by Crippen LogP contribution is -2.37. The van der Waals surface area contributed by atoms with E-state index in [-0.39, 0.29) is 5.91 Å². The van der Waals surface area contributed by atoms with Gasteiger partial charge in [0.2, 0.25) is 0 Å². The van der Waals surface area contributed by atoms with Gasteiger partial charge in [-0.1, -0.05) is 23.2 Å². The fourth-order valence-electron chi connectivity index (χ4n) is 4.00. The van der Waals surface area contributed by atoms with Crippen molar-refractivity contribution in [3.63, 3.8) is 0 Å². The van der Waals surface area contributed by atoms with Crippen molar-refractivity contribution < 1.29 is 9.53 Å². The molecule has 7 heteroatoms. The summed E-state index contributed by atoms with van der Waals surface area (Å²) in [7, 11) is 0. The van der Waals surface area contributed by atoms with Gasteiger partial charge in [-0.2, -0.15) is 0 Å². The Balaban J connectivity index is 1.52. The molecule has 2 aromatic carbocycles. The molecule has 2 aromatic rings. The second-order valence-corrected chi connectivity index (χ2v) is 9.75. The summed E-state index contributed by atoms with van der Waals surface area (Å²) in [6.45, 7) is 8.58. The molecule has 32 heavy (non-hydrogen) atoms. The van der Waals surface area contributed by atoms with Crippen LogP contribution in [-0.4, -0.2) is 54.0 Å². The lowest BCUT2D eigenvalue weighted by atomic mass is 10.1. The number of carbonyl (C=O) groups is 1. The molecule has 1 amide bonds. The number of halogens is 2. The van der Waals surface area contributed by atoms with Gasteiger partial charge >= 0.3 is 0 Å². The van der Waals surface area contributed by atoms with Crippen molar-refractivity contribution in [3.05, 3.63) is 57.6 Å². The van der Waals surface area contributed by atoms with Gasteiger partial charge in [0.1, 0.15) is 11.5 Å². The van der Waals surface area contributed by atoms with Gasteiger partial charge in [0, 0.05) is 62.0 Å². The second-order valence-electron chi connectivity index (χ2n) is 8.93. The normalized spacial score (nSPS) is 17.5. The average molecular weight is 476 g/mol. The zero-order valence-corrected chi connectivity index (χ0v) is 20.3. The van der Waals surface area contributed by atoms with Crippen LogP contribution < -0.4 is 10.1 Å². The fraction of sp³-hybridized carbons (Fsp3) is 0.480.